The van der Waals surface area contributed by atoms with Crippen molar-refractivity contribution in [3.63, 3.8) is 0 Å². The Balaban J connectivity index is 1.52. The summed E-state index contributed by atoms with van der Waals surface area (Å²) in [6, 6.07) is 0.465. The number of halogens is 3. The van der Waals surface area contributed by atoms with Crippen molar-refractivity contribution in [1.29, 1.82) is 0 Å². The summed E-state index contributed by atoms with van der Waals surface area (Å²) < 4.78 is 44.3. The van der Waals surface area contributed by atoms with Crippen molar-refractivity contribution in [2.45, 2.75) is 88.3 Å². The molecule has 0 saturated heterocycles. The van der Waals surface area contributed by atoms with Gasteiger partial charge in [0.25, 0.3) is 0 Å². The molecule has 128 valence electrons. The predicted octanol–water partition coefficient (Wildman–Crippen LogP) is 3.16. The predicted molar refractivity (Wildman–Crippen MR) is 76.5 cm³/mol. The molecule has 0 heterocycles. The van der Waals surface area contributed by atoms with Gasteiger partial charge in [-0.15, -0.1) is 0 Å². The minimum absolute atomic E-state index is 0.0904. The zero-order valence-corrected chi connectivity index (χ0v) is 13.1. The standard InChI is InChI=1S/C16H26F3NO2/c1-2-22-13-10-12(14(13)6-3-7-14)20-11-4-8-15(21,9-5-11)16(17,18)19/h11-13,20-21H,2-10H2,1H3/t11?,12-,13-,15?/m1/s1. The van der Waals surface area contributed by atoms with E-state index >= 15 is 0 Å². The molecule has 0 bridgehead atoms. The monoisotopic (exact) mass is 321 g/mol. The van der Waals surface area contributed by atoms with Crippen molar-refractivity contribution in [1.82, 2.24) is 5.32 Å². The molecule has 0 aromatic carbocycles. The maximum Gasteiger partial charge on any atom is 0.417 e. The molecule has 3 nitrogen and oxygen atoms in total. The molecule has 0 amide bonds. The summed E-state index contributed by atoms with van der Waals surface area (Å²) in [7, 11) is 0. The van der Waals surface area contributed by atoms with Gasteiger partial charge in [-0.25, -0.2) is 0 Å². The Hall–Kier alpha value is -0.330. The van der Waals surface area contributed by atoms with E-state index in [1.807, 2.05) is 6.92 Å². The van der Waals surface area contributed by atoms with Gasteiger partial charge >= 0.3 is 6.18 Å². The Bertz CT molecular complexity index is 401. The van der Waals surface area contributed by atoms with Crippen molar-refractivity contribution in [2.24, 2.45) is 5.41 Å². The smallest absolute Gasteiger partial charge is 0.380 e. The lowest BCUT2D eigenvalue weighted by molar-refractivity contribution is -0.271. The van der Waals surface area contributed by atoms with E-state index in [1.54, 1.807) is 0 Å². The maximum absolute atomic E-state index is 12.8. The summed E-state index contributed by atoms with van der Waals surface area (Å²) in [6.45, 7) is 2.73. The molecule has 3 aliphatic carbocycles. The fourth-order valence-electron chi connectivity index (χ4n) is 4.50. The first-order valence-corrected chi connectivity index (χ1v) is 8.47. The van der Waals surface area contributed by atoms with Crippen LogP contribution in [0.1, 0.15) is 58.3 Å². The summed E-state index contributed by atoms with van der Waals surface area (Å²) in [6.07, 6.45) is 0.718. The molecule has 3 rings (SSSR count). The van der Waals surface area contributed by atoms with Gasteiger partial charge < -0.3 is 15.2 Å². The second kappa shape index (κ2) is 5.64. The van der Waals surface area contributed by atoms with Gasteiger partial charge in [0.2, 0.25) is 0 Å². The lowest BCUT2D eigenvalue weighted by Gasteiger charge is -2.62. The molecule has 0 aromatic heterocycles. The molecular formula is C16H26F3NO2. The van der Waals surface area contributed by atoms with E-state index in [0.29, 0.717) is 25.0 Å². The first-order chi connectivity index (χ1) is 10.3. The van der Waals surface area contributed by atoms with Crippen LogP contribution >= 0.6 is 0 Å². The average molecular weight is 321 g/mol. The lowest BCUT2D eigenvalue weighted by atomic mass is 9.50. The number of alkyl halides is 3. The molecule has 3 aliphatic rings. The Labute approximate surface area is 129 Å². The third-order valence-electron chi connectivity index (χ3n) is 6.21. The molecule has 0 aliphatic heterocycles. The Morgan fingerprint density at radius 1 is 1.18 bits per heavy atom. The van der Waals surface area contributed by atoms with Gasteiger partial charge in [-0.1, -0.05) is 6.42 Å². The molecule has 3 saturated carbocycles. The van der Waals surface area contributed by atoms with E-state index in [1.165, 1.54) is 6.42 Å². The summed E-state index contributed by atoms with van der Waals surface area (Å²) in [5.41, 5.74) is -2.25. The van der Waals surface area contributed by atoms with Crippen LogP contribution in [-0.2, 0) is 4.74 Å². The van der Waals surface area contributed by atoms with E-state index in [4.69, 9.17) is 4.74 Å². The van der Waals surface area contributed by atoms with Crippen LogP contribution in [0, 0.1) is 5.41 Å². The molecule has 0 aromatic rings. The van der Waals surface area contributed by atoms with E-state index in [-0.39, 0.29) is 24.3 Å². The number of hydrogen-bond acceptors (Lipinski definition) is 3. The second-order valence-electron chi connectivity index (χ2n) is 7.29. The van der Waals surface area contributed by atoms with Crippen LogP contribution < -0.4 is 5.32 Å². The van der Waals surface area contributed by atoms with Crippen molar-refractivity contribution in [2.75, 3.05) is 6.61 Å². The fourth-order valence-corrected chi connectivity index (χ4v) is 4.50. The number of ether oxygens (including phenoxy) is 1. The third-order valence-corrected chi connectivity index (χ3v) is 6.21. The molecule has 0 radical (unpaired) electrons. The maximum atomic E-state index is 12.8. The molecule has 0 unspecified atom stereocenters. The number of aliphatic hydroxyl groups is 1. The van der Waals surface area contributed by atoms with Crippen LogP contribution in [0.25, 0.3) is 0 Å². The van der Waals surface area contributed by atoms with Gasteiger partial charge in [-0.2, -0.15) is 13.2 Å². The highest BCUT2D eigenvalue weighted by Gasteiger charge is 2.60. The molecule has 2 N–H and O–H groups in total. The largest absolute Gasteiger partial charge is 0.417 e. The SMILES string of the molecule is CCO[C@@H]1C[C@@H](NC2CCC(O)(C(F)(F)F)CC2)C12CCC2. The van der Waals surface area contributed by atoms with Gasteiger partial charge in [-0.3, -0.25) is 0 Å². The van der Waals surface area contributed by atoms with Gasteiger partial charge in [-0.05, 0) is 51.9 Å². The summed E-state index contributed by atoms with van der Waals surface area (Å²) in [5.74, 6) is 0. The number of hydrogen-bond donors (Lipinski definition) is 2. The minimum atomic E-state index is -4.51. The Morgan fingerprint density at radius 3 is 2.27 bits per heavy atom. The quantitative estimate of drug-likeness (QED) is 0.836. The van der Waals surface area contributed by atoms with E-state index in [2.05, 4.69) is 5.32 Å². The lowest BCUT2D eigenvalue weighted by Crippen LogP contribution is -2.68. The van der Waals surface area contributed by atoms with Crippen LogP contribution in [0.4, 0.5) is 13.2 Å². The number of nitrogens with one attached hydrogen (secondary N) is 1. The highest BCUT2D eigenvalue weighted by molar-refractivity contribution is 5.13. The van der Waals surface area contributed by atoms with Gasteiger partial charge in [0, 0.05) is 24.1 Å². The van der Waals surface area contributed by atoms with Crippen LogP contribution in [0.2, 0.25) is 0 Å². The fraction of sp³-hybridized carbons (Fsp3) is 1.00. The van der Waals surface area contributed by atoms with E-state index in [9.17, 15) is 18.3 Å². The topological polar surface area (TPSA) is 41.5 Å². The van der Waals surface area contributed by atoms with Gasteiger partial charge in [0.05, 0.1) is 6.10 Å². The highest BCUT2D eigenvalue weighted by atomic mass is 19.4. The molecule has 2 atom stereocenters. The summed E-state index contributed by atoms with van der Waals surface area (Å²) in [5, 5.41) is 13.3. The van der Waals surface area contributed by atoms with Crippen molar-refractivity contribution in [3.8, 4) is 0 Å². The summed E-state index contributed by atoms with van der Waals surface area (Å²) in [4.78, 5) is 0. The van der Waals surface area contributed by atoms with E-state index < -0.39 is 11.8 Å². The van der Waals surface area contributed by atoms with Crippen LogP contribution in [-0.4, -0.2) is 41.7 Å². The molecule has 1 spiro atoms. The average Bonchev–Trinajstić information content (AvgIpc) is 2.36. The second-order valence-corrected chi connectivity index (χ2v) is 7.29. The van der Waals surface area contributed by atoms with Crippen molar-refractivity contribution < 1.29 is 23.0 Å². The van der Waals surface area contributed by atoms with E-state index in [0.717, 1.165) is 25.9 Å². The summed E-state index contributed by atoms with van der Waals surface area (Å²) >= 11 is 0. The first kappa shape index (κ1) is 16.5. The van der Waals surface area contributed by atoms with Crippen LogP contribution in [0.15, 0.2) is 0 Å². The third kappa shape index (κ3) is 2.57. The van der Waals surface area contributed by atoms with Crippen LogP contribution in [0.5, 0.6) is 0 Å². The normalized spacial score (nSPS) is 41.0. The molecule has 3 fully saturated rings. The van der Waals surface area contributed by atoms with Gasteiger partial charge in [0.15, 0.2) is 5.60 Å². The first-order valence-electron chi connectivity index (χ1n) is 8.47. The Morgan fingerprint density at radius 2 is 1.82 bits per heavy atom. The highest BCUT2D eigenvalue weighted by Crippen LogP contribution is 2.57. The molecule has 22 heavy (non-hydrogen) atoms. The van der Waals surface area contributed by atoms with Crippen LogP contribution in [0.3, 0.4) is 0 Å². The van der Waals surface area contributed by atoms with Gasteiger partial charge in [0.1, 0.15) is 0 Å². The Kier molecular flexibility index (Phi) is 4.23. The van der Waals surface area contributed by atoms with Crippen molar-refractivity contribution in [3.05, 3.63) is 0 Å². The number of rotatable bonds is 4. The molecule has 6 heteroatoms. The molecular weight excluding hydrogens is 295 g/mol. The zero-order chi connectivity index (χ0) is 16.0. The zero-order valence-electron chi connectivity index (χ0n) is 13.1. The van der Waals surface area contributed by atoms with Crippen molar-refractivity contribution >= 4 is 0 Å². The minimum Gasteiger partial charge on any atom is -0.380 e.